The molecule has 2 atom stereocenters. The number of aliphatic carboxylic acids is 1. The summed E-state index contributed by atoms with van der Waals surface area (Å²) in [6.07, 6.45) is 3.36. The number of carbonyl (C=O) groups is 2. The van der Waals surface area contributed by atoms with Gasteiger partial charge < -0.3 is 15.2 Å². The van der Waals surface area contributed by atoms with E-state index in [1.54, 1.807) is 11.3 Å². The van der Waals surface area contributed by atoms with Gasteiger partial charge in [-0.05, 0) is 24.3 Å². The molecule has 1 aliphatic rings. The van der Waals surface area contributed by atoms with Gasteiger partial charge in [0.15, 0.2) is 0 Å². The van der Waals surface area contributed by atoms with Gasteiger partial charge in [-0.15, -0.1) is 11.3 Å². The second-order valence-electron chi connectivity index (χ2n) is 4.95. The van der Waals surface area contributed by atoms with Crippen molar-refractivity contribution >= 4 is 23.4 Å². The number of hydrogen-bond donors (Lipinski definition) is 2. The molecule has 0 saturated heterocycles. The van der Waals surface area contributed by atoms with Crippen LogP contribution in [0.25, 0.3) is 0 Å². The van der Waals surface area contributed by atoms with Gasteiger partial charge in [0, 0.05) is 17.3 Å². The second-order valence-corrected chi connectivity index (χ2v) is 5.98. The Balaban J connectivity index is 1.73. The van der Waals surface area contributed by atoms with Crippen molar-refractivity contribution in [1.29, 1.82) is 0 Å². The van der Waals surface area contributed by atoms with Crippen LogP contribution in [0, 0.1) is 5.92 Å². The number of nitrogens with one attached hydrogen (secondary N) is 1. The maximum absolute atomic E-state index is 11.7. The third-order valence-electron chi connectivity index (χ3n) is 3.55. The molecule has 20 heavy (non-hydrogen) atoms. The van der Waals surface area contributed by atoms with Gasteiger partial charge in [0.25, 0.3) is 0 Å². The maximum atomic E-state index is 11.7. The zero-order chi connectivity index (χ0) is 14.4. The molecule has 1 aliphatic carbocycles. The highest BCUT2D eigenvalue weighted by Gasteiger charge is 2.32. The van der Waals surface area contributed by atoms with Gasteiger partial charge in [-0.3, -0.25) is 4.79 Å². The van der Waals surface area contributed by atoms with Crippen LogP contribution in [0.15, 0.2) is 17.5 Å². The van der Waals surface area contributed by atoms with Gasteiger partial charge in [-0.1, -0.05) is 18.9 Å². The standard InChI is InChI=1S/C14H19NO4S/c16-13(17)11-5-1-2-6-12(11)15-14(18)19-8-7-10-4-3-9-20-10/h3-4,9,11-12H,1-2,5-8H2,(H,15,18)(H,16,17)/t11-,12-/m1/s1. The molecule has 2 rings (SSSR count). The number of rotatable bonds is 5. The Hall–Kier alpha value is -1.56. The summed E-state index contributed by atoms with van der Waals surface area (Å²) in [5, 5.41) is 13.8. The van der Waals surface area contributed by atoms with Gasteiger partial charge in [-0.25, -0.2) is 4.79 Å². The van der Waals surface area contributed by atoms with E-state index >= 15 is 0 Å². The lowest BCUT2D eigenvalue weighted by atomic mass is 9.85. The minimum Gasteiger partial charge on any atom is -0.481 e. The third-order valence-corrected chi connectivity index (χ3v) is 4.48. The minimum absolute atomic E-state index is 0.310. The summed E-state index contributed by atoms with van der Waals surface area (Å²) in [6.45, 7) is 0.316. The summed E-state index contributed by atoms with van der Waals surface area (Å²) in [7, 11) is 0. The fourth-order valence-electron chi connectivity index (χ4n) is 2.49. The van der Waals surface area contributed by atoms with Gasteiger partial charge >= 0.3 is 12.1 Å². The van der Waals surface area contributed by atoms with E-state index in [-0.39, 0.29) is 6.04 Å². The number of hydrogen-bond acceptors (Lipinski definition) is 4. The van der Waals surface area contributed by atoms with E-state index in [1.807, 2.05) is 17.5 Å². The largest absolute Gasteiger partial charge is 0.481 e. The molecule has 1 amide bonds. The van der Waals surface area contributed by atoms with Gasteiger partial charge in [0.2, 0.25) is 0 Å². The molecule has 1 saturated carbocycles. The van der Waals surface area contributed by atoms with Crippen LogP contribution in [0.4, 0.5) is 4.79 Å². The number of thiophene rings is 1. The SMILES string of the molecule is O=C(N[C@@H]1CCCC[C@H]1C(=O)O)OCCc1cccs1. The smallest absolute Gasteiger partial charge is 0.407 e. The highest BCUT2D eigenvalue weighted by Crippen LogP contribution is 2.24. The molecule has 110 valence electrons. The number of amides is 1. The van der Waals surface area contributed by atoms with Crippen LogP contribution in [0.2, 0.25) is 0 Å². The first-order chi connectivity index (χ1) is 9.66. The van der Waals surface area contributed by atoms with E-state index in [0.717, 1.165) is 12.8 Å². The molecule has 0 unspecified atom stereocenters. The molecule has 1 aromatic heterocycles. The average Bonchev–Trinajstić information content (AvgIpc) is 2.92. The number of ether oxygens (including phenoxy) is 1. The highest BCUT2D eigenvalue weighted by molar-refractivity contribution is 7.09. The lowest BCUT2D eigenvalue weighted by Crippen LogP contribution is -2.45. The highest BCUT2D eigenvalue weighted by atomic mass is 32.1. The summed E-state index contributed by atoms with van der Waals surface area (Å²) in [5.74, 6) is -1.33. The van der Waals surface area contributed by atoms with Crippen LogP contribution >= 0.6 is 11.3 Å². The molecule has 2 N–H and O–H groups in total. The van der Waals surface area contributed by atoms with E-state index in [0.29, 0.717) is 25.9 Å². The Morgan fingerprint density at radius 2 is 2.20 bits per heavy atom. The van der Waals surface area contributed by atoms with E-state index < -0.39 is 18.0 Å². The van der Waals surface area contributed by atoms with Crippen LogP contribution in [-0.2, 0) is 16.0 Å². The summed E-state index contributed by atoms with van der Waals surface area (Å²) in [5.41, 5.74) is 0. The summed E-state index contributed by atoms with van der Waals surface area (Å²) >= 11 is 1.63. The molecule has 1 fully saturated rings. The van der Waals surface area contributed by atoms with Crippen molar-refractivity contribution in [3.63, 3.8) is 0 Å². The van der Waals surface area contributed by atoms with Crippen LogP contribution in [0.5, 0.6) is 0 Å². The fourth-order valence-corrected chi connectivity index (χ4v) is 3.18. The normalized spacial score (nSPS) is 22.2. The van der Waals surface area contributed by atoms with Crippen LogP contribution in [0.1, 0.15) is 30.6 Å². The molecule has 6 heteroatoms. The minimum atomic E-state index is -0.839. The summed E-state index contributed by atoms with van der Waals surface area (Å²) in [6, 6.07) is 3.64. The van der Waals surface area contributed by atoms with E-state index in [4.69, 9.17) is 9.84 Å². The van der Waals surface area contributed by atoms with E-state index in [2.05, 4.69) is 5.32 Å². The first-order valence-corrected chi connectivity index (χ1v) is 7.73. The molecular weight excluding hydrogens is 278 g/mol. The van der Waals surface area contributed by atoms with Crippen LogP contribution < -0.4 is 5.32 Å². The first kappa shape index (κ1) is 14.8. The van der Waals surface area contributed by atoms with Crippen molar-refractivity contribution in [2.45, 2.75) is 38.1 Å². The lowest BCUT2D eigenvalue weighted by molar-refractivity contribution is -0.143. The van der Waals surface area contributed by atoms with Gasteiger partial charge in [0.1, 0.15) is 0 Å². The molecule has 1 aromatic rings. The third kappa shape index (κ3) is 4.23. The Morgan fingerprint density at radius 3 is 2.90 bits per heavy atom. The average molecular weight is 297 g/mol. The van der Waals surface area contributed by atoms with Crippen molar-refractivity contribution in [2.24, 2.45) is 5.92 Å². The van der Waals surface area contributed by atoms with E-state index in [1.165, 1.54) is 4.88 Å². The number of alkyl carbamates (subject to hydrolysis) is 1. The van der Waals surface area contributed by atoms with Crippen molar-refractivity contribution in [3.05, 3.63) is 22.4 Å². The number of carboxylic acid groups (broad SMARTS) is 1. The zero-order valence-electron chi connectivity index (χ0n) is 11.2. The topological polar surface area (TPSA) is 75.6 Å². The molecule has 0 aromatic carbocycles. The Labute approximate surface area is 121 Å². The predicted molar refractivity (Wildman–Crippen MR) is 75.9 cm³/mol. The molecule has 0 spiro atoms. The molecule has 0 radical (unpaired) electrons. The van der Waals surface area contributed by atoms with Crippen LogP contribution in [-0.4, -0.2) is 29.8 Å². The number of carbonyl (C=O) groups excluding carboxylic acids is 1. The van der Waals surface area contributed by atoms with Crippen molar-refractivity contribution in [3.8, 4) is 0 Å². The number of carboxylic acids is 1. The molecule has 0 aliphatic heterocycles. The molecule has 0 bridgehead atoms. The fraction of sp³-hybridized carbons (Fsp3) is 0.571. The zero-order valence-corrected chi connectivity index (χ0v) is 12.0. The van der Waals surface area contributed by atoms with Crippen molar-refractivity contribution in [2.75, 3.05) is 6.61 Å². The van der Waals surface area contributed by atoms with E-state index in [9.17, 15) is 9.59 Å². The first-order valence-electron chi connectivity index (χ1n) is 6.85. The quantitative estimate of drug-likeness (QED) is 0.876. The second kappa shape index (κ2) is 7.28. The Bertz CT molecular complexity index is 446. The summed E-state index contributed by atoms with van der Waals surface area (Å²) < 4.78 is 5.11. The summed E-state index contributed by atoms with van der Waals surface area (Å²) in [4.78, 5) is 24.0. The molecule has 5 nitrogen and oxygen atoms in total. The Kier molecular flexibility index (Phi) is 5.40. The maximum Gasteiger partial charge on any atom is 0.407 e. The van der Waals surface area contributed by atoms with Crippen molar-refractivity contribution in [1.82, 2.24) is 5.32 Å². The van der Waals surface area contributed by atoms with Gasteiger partial charge in [-0.2, -0.15) is 0 Å². The lowest BCUT2D eigenvalue weighted by Gasteiger charge is -2.28. The predicted octanol–water partition coefficient (Wildman–Crippen LogP) is 2.66. The van der Waals surface area contributed by atoms with Crippen molar-refractivity contribution < 1.29 is 19.4 Å². The Morgan fingerprint density at radius 1 is 1.40 bits per heavy atom. The van der Waals surface area contributed by atoms with Gasteiger partial charge in [0.05, 0.1) is 12.5 Å². The van der Waals surface area contributed by atoms with Crippen LogP contribution in [0.3, 0.4) is 0 Å². The molecular formula is C14H19NO4S. The monoisotopic (exact) mass is 297 g/mol. The molecule has 1 heterocycles.